The highest BCUT2D eigenvalue weighted by Crippen LogP contribution is 2.51. The van der Waals surface area contributed by atoms with Gasteiger partial charge in [0.25, 0.3) is 0 Å². The molecule has 0 radical (unpaired) electrons. The van der Waals surface area contributed by atoms with Crippen molar-refractivity contribution in [1.82, 2.24) is 45.8 Å². The molecule has 206 valence electrons. The van der Waals surface area contributed by atoms with E-state index in [0.29, 0.717) is 0 Å². The van der Waals surface area contributed by atoms with Gasteiger partial charge in [-0.1, -0.05) is 35.5 Å². The normalized spacial score (nSPS) is 29.4. The number of benzene rings is 1. The maximum Gasteiger partial charge on any atom is 0.247 e. The largest absolute Gasteiger partial charge is 0.340 e. The van der Waals surface area contributed by atoms with Gasteiger partial charge in [-0.05, 0) is 43.5 Å². The molecule has 0 saturated carbocycles. The Balaban J connectivity index is 1.42. The van der Waals surface area contributed by atoms with Crippen molar-refractivity contribution in [3.05, 3.63) is 65.9 Å². The zero-order chi connectivity index (χ0) is 25.8. The first kappa shape index (κ1) is 23.6. The number of anilines is 1. The fourth-order valence-corrected chi connectivity index (χ4v) is 7.31. The number of nitrogens with one attached hydrogen (secondary N) is 2. The second kappa shape index (κ2) is 9.44. The van der Waals surface area contributed by atoms with E-state index in [2.05, 4.69) is 99.5 Å². The zero-order valence-electron chi connectivity index (χ0n) is 22.6. The molecule has 7 heterocycles. The van der Waals surface area contributed by atoms with Crippen molar-refractivity contribution in [3.8, 4) is 0 Å². The molecule has 1 aromatic carbocycles. The van der Waals surface area contributed by atoms with Gasteiger partial charge < -0.3 is 20.1 Å². The molecule has 2 fully saturated rings. The quantitative estimate of drug-likeness (QED) is 0.560. The van der Waals surface area contributed by atoms with Crippen molar-refractivity contribution < 1.29 is 0 Å². The number of hydrogen-bond acceptors (Lipinski definition) is 11. The number of aliphatic imine (C=N–C) groups is 1. The molecule has 0 aliphatic carbocycles. The molecular weight excluding hydrogens is 490 g/mol. The Bertz CT molecular complexity index is 1210. The minimum Gasteiger partial charge on any atom is -0.340 e. The highest BCUT2D eigenvalue weighted by Gasteiger charge is 2.66. The summed E-state index contributed by atoms with van der Waals surface area (Å²) >= 11 is 0. The maximum atomic E-state index is 4.71. The van der Waals surface area contributed by atoms with Crippen LogP contribution in [0.3, 0.4) is 0 Å². The van der Waals surface area contributed by atoms with Crippen LogP contribution in [0.25, 0.3) is 0 Å². The Morgan fingerprint density at radius 1 is 0.949 bits per heavy atom. The predicted octanol–water partition coefficient (Wildman–Crippen LogP) is 1.09. The van der Waals surface area contributed by atoms with E-state index in [1.807, 2.05) is 6.34 Å². The van der Waals surface area contributed by atoms with Gasteiger partial charge in [-0.25, -0.2) is 5.01 Å². The minimum atomic E-state index is -0.605. The van der Waals surface area contributed by atoms with Crippen LogP contribution in [-0.2, 0) is 6.42 Å². The van der Waals surface area contributed by atoms with Gasteiger partial charge in [0.05, 0.1) is 19.8 Å². The summed E-state index contributed by atoms with van der Waals surface area (Å²) < 4.78 is 0. The summed E-state index contributed by atoms with van der Waals surface area (Å²) in [5.74, 6) is 0.651. The molecular formula is C28H39N11. The van der Waals surface area contributed by atoms with Crippen LogP contribution in [0.5, 0.6) is 0 Å². The molecule has 2 saturated heterocycles. The monoisotopic (exact) mass is 529 g/mol. The van der Waals surface area contributed by atoms with Crippen molar-refractivity contribution in [1.29, 1.82) is 0 Å². The van der Waals surface area contributed by atoms with Crippen molar-refractivity contribution >= 4 is 12.0 Å². The SMILES string of the molecule is C1=CN(C2(N3CC=CN3)C(N3CCc4ccccc43)=C(N3CCNC3)N(N3C=NCC3)N2N2CCCC2)CC1. The van der Waals surface area contributed by atoms with E-state index in [0.717, 1.165) is 78.4 Å². The third-order valence-corrected chi connectivity index (χ3v) is 9.00. The van der Waals surface area contributed by atoms with Crippen LogP contribution < -0.4 is 15.6 Å². The highest BCUT2D eigenvalue weighted by atomic mass is 16.1. The fraction of sp³-hybridized carbons (Fsp3) is 0.536. The van der Waals surface area contributed by atoms with E-state index in [9.17, 15) is 0 Å². The van der Waals surface area contributed by atoms with Crippen LogP contribution in [0, 0.1) is 0 Å². The van der Waals surface area contributed by atoms with E-state index in [1.165, 1.54) is 35.6 Å². The van der Waals surface area contributed by atoms with Crippen molar-refractivity contribution in [2.75, 3.05) is 70.5 Å². The first-order chi connectivity index (χ1) is 19.4. The van der Waals surface area contributed by atoms with E-state index in [4.69, 9.17) is 4.99 Å². The second-order valence-corrected chi connectivity index (χ2v) is 11.2. The number of fused-ring (bicyclic) bond motifs is 1. The minimum absolute atomic E-state index is 0.605. The molecule has 7 aliphatic heterocycles. The van der Waals surface area contributed by atoms with Gasteiger partial charge in [0.15, 0.2) is 5.82 Å². The van der Waals surface area contributed by atoms with E-state index in [-0.39, 0.29) is 0 Å². The molecule has 11 heteroatoms. The third kappa shape index (κ3) is 3.46. The molecule has 1 atom stereocenters. The van der Waals surface area contributed by atoms with Crippen molar-refractivity contribution in [3.63, 3.8) is 0 Å². The molecule has 39 heavy (non-hydrogen) atoms. The van der Waals surface area contributed by atoms with E-state index >= 15 is 0 Å². The topological polar surface area (TPSA) is 62.3 Å². The average Bonchev–Trinajstić information content (AvgIpc) is 3.83. The summed E-state index contributed by atoms with van der Waals surface area (Å²) in [6.45, 7) is 9.32. The Morgan fingerprint density at radius 2 is 1.87 bits per heavy atom. The molecule has 2 N–H and O–H groups in total. The summed E-state index contributed by atoms with van der Waals surface area (Å²) in [5, 5.41) is 16.1. The Labute approximate surface area is 230 Å². The first-order valence-corrected chi connectivity index (χ1v) is 14.7. The van der Waals surface area contributed by atoms with Crippen LogP contribution in [0.2, 0.25) is 0 Å². The molecule has 0 aromatic heterocycles. The lowest BCUT2D eigenvalue weighted by atomic mass is 10.1. The lowest BCUT2D eigenvalue weighted by Gasteiger charge is -2.56. The van der Waals surface area contributed by atoms with Gasteiger partial charge in [0.2, 0.25) is 5.79 Å². The van der Waals surface area contributed by atoms with Crippen LogP contribution >= 0.6 is 0 Å². The van der Waals surface area contributed by atoms with Crippen LogP contribution in [0.15, 0.2) is 65.3 Å². The molecule has 8 rings (SSSR count). The van der Waals surface area contributed by atoms with Gasteiger partial charge in [-0.15, -0.1) is 0 Å². The molecule has 0 amide bonds. The van der Waals surface area contributed by atoms with Gasteiger partial charge in [0, 0.05) is 57.7 Å². The average molecular weight is 530 g/mol. The predicted molar refractivity (Wildman–Crippen MR) is 151 cm³/mol. The number of para-hydroxylation sites is 1. The molecule has 11 nitrogen and oxygen atoms in total. The standard InChI is InChI=1S/C28H39N11/c1-2-9-25-24(8-1)10-19-36(25)26-27(32-20-12-29-22-32)38(35-21-13-30-23-35)39(34-16-5-6-17-34)28(26,33-14-3-4-15-33)37-18-7-11-31-37/h1-3,7-9,11,14,23,29,31H,4-6,10,12-13,15-22H2. The number of nitrogens with zero attached hydrogens (tertiary/aromatic N) is 9. The Hall–Kier alpha value is -3.25. The summed E-state index contributed by atoms with van der Waals surface area (Å²) in [7, 11) is 0. The van der Waals surface area contributed by atoms with Gasteiger partial charge in [0.1, 0.15) is 12.0 Å². The van der Waals surface area contributed by atoms with Crippen molar-refractivity contribution in [2.24, 2.45) is 4.99 Å². The highest BCUT2D eigenvalue weighted by molar-refractivity contribution is 5.65. The second-order valence-electron chi connectivity index (χ2n) is 11.2. The zero-order valence-corrected chi connectivity index (χ0v) is 22.6. The van der Waals surface area contributed by atoms with Gasteiger partial charge >= 0.3 is 0 Å². The van der Waals surface area contributed by atoms with Crippen LogP contribution in [-0.4, -0.2) is 113 Å². The van der Waals surface area contributed by atoms with E-state index in [1.54, 1.807) is 0 Å². The number of rotatable bonds is 6. The Morgan fingerprint density at radius 3 is 2.62 bits per heavy atom. The molecule has 0 bridgehead atoms. The maximum absolute atomic E-state index is 4.71. The number of hydrazine groups is 4. The lowest BCUT2D eigenvalue weighted by molar-refractivity contribution is -0.324. The molecule has 1 unspecified atom stereocenters. The third-order valence-electron chi connectivity index (χ3n) is 9.00. The first-order valence-electron chi connectivity index (χ1n) is 14.7. The van der Waals surface area contributed by atoms with Crippen LogP contribution in [0.1, 0.15) is 24.8 Å². The van der Waals surface area contributed by atoms with Crippen molar-refractivity contribution in [2.45, 2.75) is 31.5 Å². The Kier molecular flexibility index (Phi) is 5.72. The summed E-state index contributed by atoms with van der Waals surface area (Å²) in [6, 6.07) is 9.00. The smallest absolute Gasteiger partial charge is 0.247 e. The summed E-state index contributed by atoms with van der Waals surface area (Å²) in [6.07, 6.45) is 15.6. The van der Waals surface area contributed by atoms with Crippen LogP contribution in [0.4, 0.5) is 5.69 Å². The van der Waals surface area contributed by atoms with Gasteiger partial charge in [-0.2, -0.15) is 10.1 Å². The van der Waals surface area contributed by atoms with E-state index < -0.39 is 5.79 Å². The number of hydrogen-bond donors (Lipinski definition) is 2. The summed E-state index contributed by atoms with van der Waals surface area (Å²) in [4.78, 5) is 12.5. The summed E-state index contributed by atoms with van der Waals surface area (Å²) in [5.41, 5.74) is 7.79. The van der Waals surface area contributed by atoms with Gasteiger partial charge in [-0.3, -0.25) is 15.3 Å². The fourth-order valence-electron chi connectivity index (χ4n) is 7.31. The molecule has 1 aromatic rings. The lowest BCUT2D eigenvalue weighted by Crippen LogP contribution is -2.76. The molecule has 7 aliphatic rings. The molecule has 0 spiro atoms.